The average molecular weight is 646 g/mol. The van der Waals surface area contributed by atoms with Crippen molar-refractivity contribution in [2.24, 2.45) is 0 Å². The molecule has 0 amide bonds. The fourth-order valence-corrected chi connectivity index (χ4v) is 5.02. The molecule has 0 radical (unpaired) electrons. The van der Waals surface area contributed by atoms with Crippen molar-refractivity contribution in [3.63, 3.8) is 0 Å². The molecule has 45 heavy (non-hydrogen) atoms. The highest BCUT2D eigenvalue weighted by molar-refractivity contribution is 7.85. The minimum Gasteiger partial charge on any atom is -0.487 e. The monoisotopic (exact) mass is 645 g/mol. The van der Waals surface area contributed by atoms with Crippen LogP contribution in [0, 0.1) is 12.7 Å². The third-order valence-electron chi connectivity index (χ3n) is 6.55. The minimum atomic E-state index is -4.02. The molecule has 0 fully saturated rings. The number of hydrogen-bond acceptors (Lipinski definition) is 8. The van der Waals surface area contributed by atoms with Crippen LogP contribution in [0.4, 0.5) is 15.9 Å². The highest BCUT2D eigenvalue weighted by Crippen LogP contribution is 2.33. The largest absolute Gasteiger partial charge is 0.487 e. The Bertz CT molecular complexity index is 2090. The zero-order valence-electron chi connectivity index (χ0n) is 23.6. The van der Waals surface area contributed by atoms with Gasteiger partial charge in [-0.2, -0.15) is 8.42 Å². The molecular weight excluding hydrogens is 621 g/mol. The molecule has 6 aromatic rings. The zero-order chi connectivity index (χ0) is 32.0. The second-order valence-electron chi connectivity index (χ2n) is 9.75. The van der Waals surface area contributed by atoms with Crippen molar-refractivity contribution in [3.8, 4) is 16.9 Å². The molecule has 6 rings (SSSR count). The van der Waals surface area contributed by atoms with Gasteiger partial charge in [-0.05, 0) is 78.7 Å². The van der Waals surface area contributed by atoms with Crippen LogP contribution in [0.1, 0.15) is 21.7 Å². The molecule has 0 saturated heterocycles. The van der Waals surface area contributed by atoms with Gasteiger partial charge in [-0.25, -0.2) is 14.4 Å². The van der Waals surface area contributed by atoms with Crippen LogP contribution in [0.25, 0.3) is 22.0 Å². The highest BCUT2D eigenvalue weighted by Gasteiger charge is 2.12. The summed E-state index contributed by atoms with van der Waals surface area (Å²) in [7, 11) is -4.02. The van der Waals surface area contributed by atoms with Crippen LogP contribution in [0.5, 0.6) is 5.75 Å². The van der Waals surface area contributed by atoms with Gasteiger partial charge in [0.1, 0.15) is 30.3 Å². The number of benzene rings is 4. The predicted octanol–water partition coefficient (Wildman–Crippen LogP) is 8.06. The van der Waals surface area contributed by atoms with E-state index in [1.165, 1.54) is 36.9 Å². The molecule has 4 aromatic carbocycles. The number of fused-ring (bicyclic) bond motifs is 1. The summed E-state index contributed by atoms with van der Waals surface area (Å²) in [6, 6.07) is 24.8. The van der Waals surface area contributed by atoms with Crippen LogP contribution < -0.4 is 10.1 Å². The smallest absolute Gasteiger partial charge is 0.294 e. The van der Waals surface area contributed by atoms with Gasteiger partial charge in [-0.3, -0.25) is 9.35 Å². The second kappa shape index (κ2) is 13.7. The summed E-state index contributed by atoms with van der Waals surface area (Å²) in [5, 5.41) is 4.43. The molecule has 0 unspecified atom stereocenters. The van der Waals surface area contributed by atoms with Crippen molar-refractivity contribution < 1.29 is 31.3 Å². The number of rotatable bonds is 8. The first kappa shape index (κ1) is 31.3. The first-order chi connectivity index (χ1) is 21.6. The quantitative estimate of drug-likeness (QED) is 0.125. The molecule has 0 spiro atoms. The van der Waals surface area contributed by atoms with Crippen molar-refractivity contribution >= 4 is 50.4 Å². The van der Waals surface area contributed by atoms with Crippen molar-refractivity contribution in [1.82, 2.24) is 9.97 Å². The summed E-state index contributed by atoms with van der Waals surface area (Å²) in [6.07, 6.45) is 3.63. The number of aldehydes is 1. The Balaban J connectivity index is 0.000000309. The normalized spacial score (nSPS) is 11.0. The fraction of sp³-hybridized carbons (Fsp3) is 0.0606. The minimum absolute atomic E-state index is 0.0666. The summed E-state index contributed by atoms with van der Waals surface area (Å²) in [6.45, 7) is 2.04. The molecule has 12 heteroatoms. The van der Waals surface area contributed by atoms with Crippen molar-refractivity contribution in [1.29, 1.82) is 0 Å². The van der Waals surface area contributed by atoms with Gasteiger partial charge in [0, 0.05) is 16.6 Å². The Morgan fingerprint density at radius 1 is 1.00 bits per heavy atom. The Hall–Kier alpha value is -5.10. The summed E-state index contributed by atoms with van der Waals surface area (Å²) >= 11 is 6.42. The van der Waals surface area contributed by atoms with E-state index in [0.29, 0.717) is 39.7 Å². The number of anilines is 2. The molecule has 0 bridgehead atoms. The lowest BCUT2D eigenvalue weighted by atomic mass is 10.0. The number of hydrogen-bond donors (Lipinski definition) is 2. The standard InChI is InChI=1S/C26H17ClFN3O3.C7H8O3S/c27-22-12-19(5-7-24(22)34-14-16-2-1-3-18(28)10-16)31-26-21-11-17(4-6-23(21)29-15-30-26)20-8-9-33-25(20)13-32;1-6-2-4-7(5-3-6)11(8,9)10/h1-13,15H,14H2,(H,29,30,31);2-5H,1H3,(H,8,9,10). The summed E-state index contributed by atoms with van der Waals surface area (Å²) < 4.78 is 53.9. The van der Waals surface area contributed by atoms with Gasteiger partial charge in [0.05, 0.1) is 21.7 Å². The van der Waals surface area contributed by atoms with E-state index in [-0.39, 0.29) is 23.1 Å². The number of ether oxygens (including phenoxy) is 1. The molecule has 0 atom stereocenters. The van der Waals surface area contributed by atoms with E-state index >= 15 is 0 Å². The summed E-state index contributed by atoms with van der Waals surface area (Å²) in [5.74, 6) is 0.994. The van der Waals surface area contributed by atoms with Crippen molar-refractivity contribution in [2.75, 3.05) is 5.32 Å². The number of nitrogens with one attached hydrogen (secondary N) is 1. The summed E-state index contributed by atoms with van der Waals surface area (Å²) in [5.41, 5.74) is 4.59. The number of carbonyl (C=O) groups is 1. The highest BCUT2D eigenvalue weighted by atomic mass is 35.5. The Kier molecular flexibility index (Phi) is 9.53. The molecule has 2 N–H and O–H groups in total. The Morgan fingerprint density at radius 2 is 1.80 bits per heavy atom. The van der Waals surface area contributed by atoms with Gasteiger partial charge < -0.3 is 14.5 Å². The second-order valence-corrected chi connectivity index (χ2v) is 11.6. The zero-order valence-corrected chi connectivity index (χ0v) is 25.2. The molecule has 0 saturated carbocycles. The van der Waals surface area contributed by atoms with Crippen LogP contribution >= 0.6 is 11.6 Å². The molecule has 2 heterocycles. The van der Waals surface area contributed by atoms with E-state index in [1.54, 1.807) is 42.5 Å². The Labute approximate surface area is 263 Å². The van der Waals surface area contributed by atoms with Gasteiger partial charge in [-0.15, -0.1) is 0 Å². The fourth-order valence-electron chi connectivity index (χ4n) is 4.30. The number of aromatic nitrogens is 2. The SMILES string of the molecule is Cc1ccc(S(=O)(=O)O)cc1.O=Cc1occc1-c1ccc2ncnc(Nc3ccc(OCc4cccc(F)c4)c(Cl)c3)c2c1. The van der Waals surface area contributed by atoms with E-state index in [9.17, 15) is 17.6 Å². The number of carbonyl (C=O) groups excluding carboxylic acids is 1. The van der Waals surface area contributed by atoms with E-state index < -0.39 is 10.1 Å². The van der Waals surface area contributed by atoms with Crippen LogP contribution in [-0.2, 0) is 16.7 Å². The van der Waals surface area contributed by atoms with E-state index in [0.717, 1.165) is 22.0 Å². The molecular formula is C33H25ClFN3O6S. The lowest BCUT2D eigenvalue weighted by Gasteiger charge is -2.12. The molecule has 0 aliphatic carbocycles. The summed E-state index contributed by atoms with van der Waals surface area (Å²) in [4.78, 5) is 19.9. The maximum absolute atomic E-state index is 13.4. The van der Waals surface area contributed by atoms with Gasteiger partial charge >= 0.3 is 0 Å². The number of halogens is 2. The van der Waals surface area contributed by atoms with Gasteiger partial charge in [0.2, 0.25) is 0 Å². The number of aryl methyl sites for hydroxylation is 1. The van der Waals surface area contributed by atoms with Crippen molar-refractivity contribution in [3.05, 3.63) is 131 Å². The van der Waals surface area contributed by atoms with Gasteiger partial charge in [0.25, 0.3) is 10.1 Å². The first-order valence-corrected chi connectivity index (χ1v) is 15.2. The molecule has 0 aliphatic heterocycles. The molecule has 0 aliphatic rings. The number of nitrogens with zero attached hydrogens (tertiary/aromatic N) is 2. The van der Waals surface area contributed by atoms with Crippen molar-refractivity contribution in [2.45, 2.75) is 18.4 Å². The van der Waals surface area contributed by atoms with E-state index in [4.69, 9.17) is 25.3 Å². The molecule has 2 aromatic heterocycles. The van der Waals surface area contributed by atoms with Gasteiger partial charge in [-0.1, -0.05) is 47.5 Å². The maximum Gasteiger partial charge on any atom is 0.294 e. The van der Waals surface area contributed by atoms with E-state index in [1.807, 2.05) is 31.2 Å². The third kappa shape index (κ3) is 7.90. The van der Waals surface area contributed by atoms with Gasteiger partial charge in [0.15, 0.2) is 12.0 Å². The number of furan rings is 1. The Morgan fingerprint density at radius 3 is 2.51 bits per heavy atom. The van der Waals surface area contributed by atoms with Crippen LogP contribution in [-0.4, -0.2) is 29.2 Å². The van der Waals surface area contributed by atoms with Crippen LogP contribution in [0.15, 0.2) is 113 Å². The predicted molar refractivity (Wildman–Crippen MR) is 169 cm³/mol. The van der Waals surface area contributed by atoms with Crippen LogP contribution in [0.3, 0.4) is 0 Å². The third-order valence-corrected chi connectivity index (χ3v) is 7.71. The maximum atomic E-state index is 13.4. The first-order valence-electron chi connectivity index (χ1n) is 13.4. The lowest BCUT2D eigenvalue weighted by Crippen LogP contribution is -1.99. The van der Waals surface area contributed by atoms with E-state index in [2.05, 4.69) is 15.3 Å². The lowest BCUT2D eigenvalue weighted by molar-refractivity contribution is 0.110. The van der Waals surface area contributed by atoms with Crippen LogP contribution in [0.2, 0.25) is 5.02 Å². The molecule has 228 valence electrons. The topological polar surface area (TPSA) is 132 Å². The molecule has 9 nitrogen and oxygen atoms in total. The average Bonchev–Trinajstić information content (AvgIpc) is 3.50.